The maximum absolute atomic E-state index is 11.2. The molecule has 0 heterocycles. The van der Waals surface area contributed by atoms with Crippen molar-refractivity contribution in [3.63, 3.8) is 0 Å². The minimum absolute atomic E-state index is 0.0106. The van der Waals surface area contributed by atoms with Crippen molar-refractivity contribution in [1.82, 2.24) is 0 Å². The molecule has 1 atom stereocenters. The Labute approximate surface area is 168 Å². The van der Waals surface area contributed by atoms with Crippen molar-refractivity contribution >= 4 is 10.8 Å². The van der Waals surface area contributed by atoms with E-state index in [0.717, 1.165) is 5.56 Å². The van der Waals surface area contributed by atoms with Crippen molar-refractivity contribution in [1.29, 1.82) is 0 Å². The molecule has 0 aliphatic carbocycles. The summed E-state index contributed by atoms with van der Waals surface area (Å²) in [6, 6.07) is 18.5. The Bertz CT molecular complexity index is 987. The highest BCUT2D eigenvalue weighted by Crippen LogP contribution is 2.47. The second-order valence-corrected chi connectivity index (χ2v) is 10.1. The number of fused-ring (bicyclic) bond motifs is 1. The van der Waals surface area contributed by atoms with Crippen LogP contribution < -0.4 is 0 Å². The van der Waals surface area contributed by atoms with E-state index in [1.807, 2.05) is 12.1 Å². The average molecular weight is 377 g/mol. The minimum atomic E-state index is -0.101. The molecule has 0 aliphatic rings. The molecule has 28 heavy (non-hydrogen) atoms. The molecule has 2 heteroatoms. The quantitative estimate of drug-likeness (QED) is 0.516. The van der Waals surface area contributed by atoms with Crippen LogP contribution in [-0.2, 0) is 6.42 Å². The summed E-state index contributed by atoms with van der Waals surface area (Å²) in [7, 11) is 0. The number of aromatic hydroxyl groups is 2. The molecule has 0 radical (unpaired) electrons. The standard InChI is InChI=1S/C26H32O2/c1-25(2,3)16-21-22(27)14-13-20(24(21)28)23(26(4,5)6)19-12-11-17-9-7-8-10-18(17)15-19/h7-15,23,27-28H,16H2,1-6H3. The van der Waals surface area contributed by atoms with Gasteiger partial charge in [-0.2, -0.15) is 0 Å². The fraction of sp³-hybridized carbons (Fsp3) is 0.385. The van der Waals surface area contributed by atoms with E-state index in [2.05, 4.69) is 77.9 Å². The highest BCUT2D eigenvalue weighted by Gasteiger charge is 2.32. The molecule has 0 aromatic heterocycles. The number of phenols is 2. The first-order chi connectivity index (χ1) is 13.0. The number of hydrogen-bond donors (Lipinski definition) is 2. The van der Waals surface area contributed by atoms with E-state index < -0.39 is 0 Å². The van der Waals surface area contributed by atoms with E-state index in [9.17, 15) is 10.2 Å². The fourth-order valence-electron chi connectivity index (χ4n) is 4.11. The third kappa shape index (κ3) is 4.16. The zero-order valence-corrected chi connectivity index (χ0v) is 17.9. The van der Waals surface area contributed by atoms with Gasteiger partial charge in [0.05, 0.1) is 0 Å². The maximum atomic E-state index is 11.2. The van der Waals surface area contributed by atoms with Crippen LogP contribution >= 0.6 is 0 Å². The first-order valence-electron chi connectivity index (χ1n) is 10.00. The number of phenolic OH excluding ortho intramolecular Hbond substituents is 2. The highest BCUT2D eigenvalue weighted by atomic mass is 16.3. The van der Waals surface area contributed by atoms with Gasteiger partial charge in [0.1, 0.15) is 11.5 Å². The highest BCUT2D eigenvalue weighted by molar-refractivity contribution is 5.83. The molecule has 0 aliphatic heterocycles. The molecule has 0 saturated heterocycles. The van der Waals surface area contributed by atoms with Crippen LogP contribution in [0.3, 0.4) is 0 Å². The van der Waals surface area contributed by atoms with Gasteiger partial charge in [0.2, 0.25) is 0 Å². The van der Waals surface area contributed by atoms with E-state index in [1.54, 1.807) is 6.07 Å². The van der Waals surface area contributed by atoms with Gasteiger partial charge in [-0.1, -0.05) is 90.1 Å². The Hall–Kier alpha value is -2.48. The summed E-state index contributed by atoms with van der Waals surface area (Å²) in [5.41, 5.74) is 2.55. The van der Waals surface area contributed by atoms with Crippen LogP contribution in [0.1, 0.15) is 64.2 Å². The van der Waals surface area contributed by atoms with E-state index in [-0.39, 0.29) is 28.2 Å². The molecule has 3 rings (SSSR count). The van der Waals surface area contributed by atoms with Crippen LogP contribution in [0, 0.1) is 10.8 Å². The molecule has 0 saturated carbocycles. The van der Waals surface area contributed by atoms with Crippen molar-refractivity contribution in [3.8, 4) is 11.5 Å². The molecule has 0 amide bonds. The Kier molecular flexibility index (Phi) is 5.18. The van der Waals surface area contributed by atoms with Gasteiger partial charge in [-0.3, -0.25) is 0 Å². The van der Waals surface area contributed by atoms with Crippen molar-refractivity contribution in [3.05, 3.63) is 71.3 Å². The maximum Gasteiger partial charge on any atom is 0.126 e. The lowest BCUT2D eigenvalue weighted by Gasteiger charge is -2.33. The molecule has 1 unspecified atom stereocenters. The van der Waals surface area contributed by atoms with Crippen molar-refractivity contribution in [2.24, 2.45) is 10.8 Å². The van der Waals surface area contributed by atoms with E-state index >= 15 is 0 Å². The Morgan fingerprint density at radius 2 is 1.43 bits per heavy atom. The van der Waals surface area contributed by atoms with Crippen LogP contribution in [-0.4, -0.2) is 10.2 Å². The largest absolute Gasteiger partial charge is 0.508 e. The van der Waals surface area contributed by atoms with Crippen molar-refractivity contribution in [2.45, 2.75) is 53.9 Å². The summed E-state index contributed by atoms with van der Waals surface area (Å²) < 4.78 is 0. The molecule has 148 valence electrons. The summed E-state index contributed by atoms with van der Waals surface area (Å²) >= 11 is 0. The lowest BCUT2D eigenvalue weighted by atomic mass is 9.71. The molecule has 0 fully saturated rings. The van der Waals surface area contributed by atoms with Gasteiger partial charge in [-0.05, 0) is 39.7 Å². The first kappa shape index (κ1) is 20.3. The first-order valence-corrected chi connectivity index (χ1v) is 10.00. The second-order valence-electron chi connectivity index (χ2n) is 10.1. The van der Waals surface area contributed by atoms with Gasteiger partial charge in [0.15, 0.2) is 0 Å². The zero-order chi connectivity index (χ0) is 20.7. The smallest absolute Gasteiger partial charge is 0.126 e. The van der Waals surface area contributed by atoms with Crippen LogP contribution in [0.25, 0.3) is 10.8 Å². The van der Waals surface area contributed by atoms with Gasteiger partial charge in [0, 0.05) is 17.0 Å². The number of hydrogen-bond acceptors (Lipinski definition) is 2. The molecule has 2 nitrogen and oxygen atoms in total. The van der Waals surface area contributed by atoms with E-state index in [1.165, 1.54) is 16.3 Å². The molecule has 0 spiro atoms. The summed E-state index contributed by atoms with van der Waals surface area (Å²) in [6.45, 7) is 12.9. The molecule has 0 bridgehead atoms. The topological polar surface area (TPSA) is 40.5 Å². The monoisotopic (exact) mass is 376 g/mol. The fourth-order valence-corrected chi connectivity index (χ4v) is 4.11. The number of rotatable bonds is 3. The van der Waals surface area contributed by atoms with Crippen LogP contribution in [0.4, 0.5) is 0 Å². The van der Waals surface area contributed by atoms with Gasteiger partial charge in [-0.15, -0.1) is 0 Å². The average Bonchev–Trinajstić information content (AvgIpc) is 2.59. The Morgan fingerprint density at radius 1 is 0.786 bits per heavy atom. The van der Waals surface area contributed by atoms with Gasteiger partial charge < -0.3 is 10.2 Å². The SMILES string of the molecule is CC(C)(C)Cc1c(O)ccc(C(c2ccc3ccccc3c2)C(C)(C)C)c1O. The summed E-state index contributed by atoms with van der Waals surface area (Å²) in [6.07, 6.45) is 0.618. The molecular weight excluding hydrogens is 344 g/mol. The molecule has 3 aromatic rings. The Balaban J connectivity index is 2.19. The van der Waals surface area contributed by atoms with Crippen LogP contribution in [0.15, 0.2) is 54.6 Å². The van der Waals surface area contributed by atoms with Gasteiger partial charge in [-0.25, -0.2) is 0 Å². The summed E-state index contributed by atoms with van der Waals surface area (Å²) in [4.78, 5) is 0. The third-order valence-electron chi connectivity index (χ3n) is 5.28. The zero-order valence-electron chi connectivity index (χ0n) is 17.9. The summed E-state index contributed by atoms with van der Waals surface area (Å²) in [5.74, 6) is 0.404. The normalized spacial score (nSPS) is 13.6. The lowest BCUT2D eigenvalue weighted by Crippen LogP contribution is -2.20. The predicted octanol–water partition coefficient (Wildman–Crippen LogP) is 7.02. The van der Waals surface area contributed by atoms with E-state index in [0.29, 0.717) is 12.0 Å². The molecule has 3 aromatic carbocycles. The van der Waals surface area contributed by atoms with E-state index in [4.69, 9.17) is 0 Å². The molecule has 2 N–H and O–H groups in total. The minimum Gasteiger partial charge on any atom is -0.508 e. The van der Waals surface area contributed by atoms with Crippen molar-refractivity contribution in [2.75, 3.05) is 0 Å². The third-order valence-corrected chi connectivity index (χ3v) is 5.28. The Morgan fingerprint density at radius 3 is 2.04 bits per heavy atom. The summed E-state index contributed by atoms with van der Waals surface area (Å²) in [5, 5.41) is 24.0. The molecular formula is C26H32O2. The lowest BCUT2D eigenvalue weighted by molar-refractivity contribution is 0.339. The van der Waals surface area contributed by atoms with Crippen LogP contribution in [0.5, 0.6) is 11.5 Å². The van der Waals surface area contributed by atoms with Crippen molar-refractivity contribution < 1.29 is 10.2 Å². The van der Waals surface area contributed by atoms with Gasteiger partial charge >= 0.3 is 0 Å². The number of benzene rings is 3. The second kappa shape index (κ2) is 7.16. The predicted molar refractivity (Wildman–Crippen MR) is 118 cm³/mol. The van der Waals surface area contributed by atoms with Gasteiger partial charge in [0.25, 0.3) is 0 Å². The van der Waals surface area contributed by atoms with Crippen LogP contribution in [0.2, 0.25) is 0 Å².